The lowest BCUT2D eigenvalue weighted by Crippen LogP contribution is -2.51. The van der Waals surface area contributed by atoms with Gasteiger partial charge in [-0.25, -0.2) is 9.59 Å². The molecule has 0 fully saturated rings. The van der Waals surface area contributed by atoms with Gasteiger partial charge >= 0.3 is 12.0 Å². The molecule has 0 heterocycles. The van der Waals surface area contributed by atoms with Gasteiger partial charge in [-0.3, -0.25) is 0 Å². The van der Waals surface area contributed by atoms with Gasteiger partial charge in [0.25, 0.3) is 0 Å². The normalized spacial score (nSPS) is 13.3. The molecule has 1 atom stereocenters. The van der Waals surface area contributed by atoms with Crippen molar-refractivity contribution in [3.8, 4) is 0 Å². The maximum absolute atomic E-state index is 11.5. The molecule has 2 amide bonds. The van der Waals surface area contributed by atoms with E-state index < -0.39 is 23.6 Å². The third kappa shape index (κ3) is 6.11. The molecule has 0 aromatic heterocycles. The number of ether oxygens (including phenoxy) is 1. The van der Waals surface area contributed by atoms with Crippen LogP contribution in [0, 0.1) is 5.92 Å². The quantitative estimate of drug-likeness (QED) is 0.647. The standard InChI is InChI=1S/C11H22N2O4/c1-7(2)8(9(14)15)13-10(16)12-6-11(3,4)17-5/h7-8H,6H2,1-5H3,(H,14,15)(H2,12,13,16)/t8-/m1/s1. The second-order valence-corrected chi connectivity index (χ2v) is 4.85. The van der Waals surface area contributed by atoms with Gasteiger partial charge in [0.15, 0.2) is 0 Å². The average Bonchev–Trinajstić information content (AvgIpc) is 2.22. The number of urea groups is 1. The lowest BCUT2D eigenvalue weighted by Gasteiger charge is -2.24. The maximum atomic E-state index is 11.5. The Balaban J connectivity index is 4.21. The summed E-state index contributed by atoms with van der Waals surface area (Å²) in [5.74, 6) is -1.21. The fourth-order valence-electron chi connectivity index (χ4n) is 1.07. The molecule has 0 aromatic rings. The van der Waals surface area contributed by atoms with Gasteiger partial charge in [-0.2, -0.15) is 0 Å². The van der Waals surface area contributed by atoms with Crippen LogP contribution < -0.4 is 10.6 Å². The molecule has 6 nitrogen and oxygen atoms in total. The predicted molar refractivity (Wildman–Crippen MR) is 63.9 cm³/mol. The summed E-state index contributed by atoms with van der Waals surface area (Å²) in [6.45, 7) is 7.42. The van der Waals surface area contributed by atoms with Gasteiger partial charge in [-0.05, 0) is 19.8 Å². The van der Waals surface area contributed by atoms with Gasteiger partial charge in [0.1, 0.15) is 6.04 Å². The summed E-state index contributed by atoms with van der Waals surface area (Å²) in [7, 11) is 1.55. The van der Waals surface area contributed by atoms with Crippen molar-refractivity contribution in [2.24, 2.45) is 5.92 Å². The van der Waals surface area contributed by atoms with Gasteiger partial charge < -0.3 is 20.5 Å². The van der Waals surface area contributed by atoms with Crippen LogP contribution in [0.1, 0.15) is 27.7 Å². The lowest BCUT2D eigenvalue weighted by molar-refractivity contribution is -0.140. The summed E-state index contributed by atoms with van der Waals surface area (Å²) in [6, 6.07) is -1.39. The fourth-order valence-corrected chi connectivity index (χ4v) is 1.07. The van der Waals surface area contributed by atoms with Crippen LogP contribution in [0.15, 0.2) is 0 Å². The van der Waals surface area contributed by atoms with E-state index in [2.05, 4.69) is 10.6 Å². The van der Waals surface area contributed by atoms with Crippen LogP contribution in [-0.4, -0.2) is 42.4 Å². The molecule has 6 heteroatoms. The minimum atomic E-state index is -1.04. The van der Waals surface area contributed by atoms with E-state index in [0.717, 1.165) is 0 Å². The van der Waals surface area contributed by atoms with E-state index in [4.69, 9.17) is 9.84 Å². The van der Waals surface area contributed by atoms with E-state index >= 15 is 0 Å². The number of carbonyl (C=O) groups is 2. The highest BCUT2D eigenvalue weighted by atomic mass is 16.5. The number of aliphatic carboxylic acids is 1. The zero-order chi connectivity index (χ0) is 13.6. The Morgan fingerprint density at radius 2 is 1.88 bits per heavy atom. The predicted octanol–water partition coefficient (Wildman–Crippen LogP) is 0.820. The number of rotatable bonds is 6. The Labute approximate surface area is 102 Å². The number of carboxylic acids is 1. The minimum absolute atomic E-state index is 0.173. The molecular formula is C11H22N2O4. The molecule has 0 radical (unpaired) electrons. The van der Waals surface area contributed by atoms with Gasteiger partial charge in [0, 0.05) is 13.7 Å². The average molecular weight is 246 g/mol. The topological polar surface area (TPSA) is 87.7 Å². The number of hydrogen-bond acceptors (Lipinski definition) is 3. The van der Waals surface area contributed by atoms with Crippen molar-refractivity contribution in [2.75, 3.05) is 13.7 Å². The first-order valence-electron chi connectivity index (χ1n) is 5.52. The Kier molecular flexibility index (Phi) is 5.95. The van der Waals surface area contributed by atoms with Gasteiger partial charge in [-0.15, -0.1) is 0 Å². The van der Waals surface area contributed by atoms with Gasteiger partial charge in [0.2, 0.25) is 0 Å². The zero-order valence-corrected chi connectivity index (χ0v) is 11.0. The van der Waals surface area contributed by atoms with E-state index in [0.29, 0.717) is 6.54 Å². The van der Waals surface area contributed by atoms with E-state index in [9.17, 15) is 9.59 Å². The molecule has 0 spiro atoms. The molecule has 100 valence electrons. The zero-order valence-electron chi connectivity index (χ0n) is 11.0. The van der Waals surface area contributed by atoms with Crippen molar-refractivity contribution in [2.45, 2.75) is 39.3 Å². The first-order valence-corrected chi connectivity index (χ1v) is 5.52. The molecule has 0 aliphatic heterocycles. The van der Waals surface area contributed by atoms with Crippen molar-refractivity contribution in [1.82, 2.24) is 10.6 Å². The van der Waals surface area contributed by atoms with Crippen LogP contribution in [-0.2, 0) is 9.53 Å². The van der Waals surface area contributed by atoms with E-state index in [1.165, 1.54) is 0 Å². The largest absolute Gasteiger partial charge is 0.480 e. The van der Waals surface area contributed by atoms with Crippen molar-refractivity contribution in [1.29, 1.82) is 0 Å². The molecule has 17 heavy (non-hydrogen) atoms. The molecule has 0 aliphatic carbocycles. The van der Waals surface area contributed by atoms with Gasteiger partial charge in [-0.1, -0.05) is 13.8 Å². The lowest BCUT2D eigenvalue weighted by atomic mass is 10.1. The summed E-state index contributed by atoms with van der Waals surface area (Å²) >= 11 is 0. The highest BCUT2D eigenvalue weighted by molar-refractivity contribution is 5.82. The molecule has 0 aromatic carbocycles. The van der Waals surface area contributed by atoms with Crippen LogP contribution in [0.25, 0.3) is 0 Å². The third-order valence-electron chi connectivity index (χ3n) is 2.45. The van der Waals surface area contributed by atoms with E-state index in [1.54, 1.807) is 21.0 Å². The first kappa shape index (κ1) is 15.7. The van der Waals surface area contributed by atoms with E-state index in [-0.39, 0.29) is 5.92 Å². The smallest absolute Gasteiger partial charge is 0.326 e. The second-order valence-electron chi connectivity index (χ2n) is 4.85. The minimum Gasteiger partial charge on any atom is -0.480 e. The number of amides is 2. The highest BCUT2D eigenvalue weighted by Gasteiger charge is 2.24. The highest BCUT2D eigenvalue weighted by Crippen LogP contribution is 2.05. The van der Waals surface area contributed by atoms with Crippen molar-refractivity contribution >= 4 is 12.0 Å². The Bertz CT molecular complexity index is 277. The molecule has 0 saturated carbocycles. The second kappa shape index (κ2) is 6.44. The van der Waals surface area contributed by atoms with Crippen molar-refractivity contribution in [3.05, 3.63) is 0 Å². The van der Waals surface area contributed by atoms with Crippen LogP contribution >= 0.6 is 0 Å². The number of methoxy groups -OCH3 is 1. The third-order valence-corrected chi connectivity index (χ3v) is 2.45. The molecule has 3 N–H and O–H groups in total. The van der Waals surface area contributed by atoms with Crippen LogP contribution in [0.3, 0.4) is 0 Å². The molecular weight excluding hydrogens is 224 g/mol. The molecule has 0 saturated heterocycles. The summed E-state index contributed by atoms with van der Waals surface area (Å²) in [6.07, 6.45) is 0. The van der Waals surface area contributed by atoms with Crippen molar-refractivity contribution in [3.63, 3.8) is 0 Å². The molecule has 0 bridgehead atoms. The first-order chi connectivity index (χ1) is 7.69. The number of nitrogens with one attached hydrogen (secondary N) is 2. The summed E-state index contributed by atoms with van der Waals surface area (Å²) in [4.78, 5) is 22.4. The molecule has 0 rings (SSSR count). The Hall–Kier alpha value is -1.30. The summed E-state index contributed by atoms with van der Waals surface area (Å²) in [5.41, 5.74) is -0.478. The van der Waals surface area contributed by atoms with Gasteiger partial charge in [0.05, 0.1) is 5.60 Å². The number of carbonyl (C=O) groups excluding carboxylic acids is 1. The summed E-state index contributed by atoms with van der Waals surface area (Å²) < 4.78 is 5.13. The summed E-state index contributed by atoms with van der Waals surface area (Å²) in [5, 5.41) is 13.9. The molecule has 0 unspecified atom stereocenters. The monoisotopic (exact) mass is 246 g/mol. The van der Waals surface area contributed by atoms with E-state index in [1.807, 2.05) is 13.8 Å². The van der Waals surface area contributed by atoms with Crippen LogP contribution in [0.4, 0.5) is 4.79 Å². The fraction of sp³-hybridized carbons (Fsp3) is 0.818. The number of carboxylic acid groups (broad SMARTS) is 1. The molecule has 0 aliphatic rings. The van der Waals surface area contributed by atoms with Crippen molar-refractivity contribution < 1.29 is 19.4 Å². The maximum Gasteiger partial charge on any atom is 0.326 e. The Morgan fingerprint density at radius 3 is 2.24 bits per heavy atom. The van der Waals surface area contributed by atoms with Crippen LogP contribution in [0.2, 0.25) is 0 Å². The Morgan fingerprint density at radius 1 is 1.35 bits per heavy atom. The number of hydrogen-bond donors (Lipinski definition) is 3. The van der Waals surface area contributed by atoms with Crippen LogP contribution in [0.5, 0.6) is 0 Å². The SMILES string of the molecule is COC(C)(C)CNC(=O)N[C@@H](C(=O)O)C(C)C.